The number of thiophene rings is 1. The summed E-state index contributed by atoms with van der Waals surface area (Å²) >= 11 is 5.41. The van der Waals surface area contributed by atoms with Gasteiger partial charge >= 0.3 is 0 Å². The first-order valence-electron chi connectivity index (χ1n) is 6.40. The lowest BCUT2D eigenvalue weighted by Crippen LogP contribution is -2.50. The van der Waals surface area contributed by atoms with E-state index in [1.807, 2.05) is 11.3 Å². The van der Waals surface area contributed by atoms with E-state index in [1.54, 1.807) is 0 Å². The monoisotopic (exact) mass is 331 g/mol. The van der Waals surface area contributed by atoms with Crippen molar-refractivity contribution in [2.24, 2.45) is 0 Å². The summed E-state index contributed by atoms with van der Waals surface area (Å²) in [5, 5.41) is 3.64. The van der Waals surface area contributed by atoms with Crippen LogP contribution in [0.5, 0.6) is 0 Å². The molecule has 2 heterocycles. The summed E-state index contributed by atoms with van der Waals surface area (Å²) in [5.41, 5.74) is 0. The second kappa shape index (κ2) is 6.48. The molecule has 2 atom stereocenters. The highest BCUT2D eigenvalue weighted by Crippen LogP contribution is 2.32. The van der Waals surface area contributed by atoms with E-state index in [-0.39, 0.29) is 0 Å². The summed E-state index contributed by atoms with van der Waals surface area (Å²) in [6.45, 7) is 3.42. The van der Waals surface area contributed by atoms with E-state index in [9.17, 15) is 0 Å². The highest BCUT2D eigenvalue weighted by Gasteiger charge is 2.24. The first-order valence-corrected chi connectivity index (χ1v) is 8.01. The summed E-state index contributed by atoms with van der Waals surface area (Å²) in [4.78, 5) is 6.19. The molecule has 0 radical (unpaired) electrons. The smallest absolute Gasteiger partial charge is 0.0701 e. The van der Waals surface area contributed by atoms with E-state index in [0.29, 0.717) is 12.1 Å². The quantitative estimate of drug-likeness (QED) is 0.914. The predicted molar refractivity (Wildman–Crippen MR) is 82.4 cm³/mol. The van der Waals surface area contributed by atoms with Crippen molar-refractivity contribution in [3.8, 4) is 0 Å². The Hall–Kier alpha value is 0.0600. The van der Waals surface area contributed by atoms with Crippen molar-refractivity contribution in [2.75, 3.05) is 40.8 Å². The molecule has 1 aromatic rings. The van der Waals surface area contributed by atoms with Gasteiger partial charge in [0, 0.05) is 36.6 Å². The van der Waals surface area contributed by atoms with Crippen LogP contribution >= 0.6 is 27.3 Å². The summed E-state index contributed by atoms with van der Waals surface area (Å²) < 4.78 is 1.22. The van der Waals surface area contributed by atoms with E-state index < -0.39 is 0 Å². The van der Waals surface area contributed by atoms with Crippen LogP contribution in [0.4, 0.5) is 0 Å². The van der Waals surface area contributed by atoms with Crippen LogP contribution in [-0.2, 0) is 0 Å². The minimum atomic E-state index is 0.505. The van der Waals surface area contributed by atoms with Gasteiger partial charge in [-0.2, -0.15) is 0 Å². The Bertz CT molecular complexity index is 380. The lowest BCUT2D eigenvalue weighted by molar-refractivity contribution is 0.191. The molecule has 102 valence electrons. The zero-order valence-electron chi connectivity index (χ0n) is 11.3. The Balaban J connectivity index is 2.02. The van der Waals surface area contributed by atoms with Gasteiger partial charge < -0.3 is 15.1 Å². The number of nitrogens with zero attached hydrogens (tertiary/aromatic N) is 2. The molecule has 3 nitrogen and oxygen atoms in total. The van der Waals surface area contributed by atoms with Gasteiger partial charge in [-0.15, -0.1) is 11.3 Å². The number of hydrogen-bond acceptors (Lipinski definition) is 4. The first-order chi connectivity index (χ1) is 8.56. The molecule has 0 aromatic carbocycles. The molecule has 1 N–H and O–H groups in total. The first kappa shape index (κ1) is 14.5. The van der Waals surface area contributed by atoms with Crippen LogP contribution in [0.2, 0.25) is 0 Å². The van der Waals surface area contributed by atoms with E-state index in [0.717, 1.165) is 19.6 Å². The molecule has 1 aliphatic heterocycles. The number of nitrogens with one attached hydrogen (secondary N) is 1. The summed E-state index contributed by atoms with van der Waals surface area (Å²) in [6, 6.07) is 5.49. The standard InChI is InChI=1S/C13H22BrN3S/c1-16(2)11(12-4-5-13(14)18-12)8-10-9-17(3)7-6-15-10/h4-5,10-11,15H,6-9H2,1-3H3. The molecule has 5 heteroatoms. The lowest BCUT2D eigenvalue weighted by atomic mass is 10.0. The van der Waals surface area contributed by atoms with Gasteiger partial charge in [0.05, 0.1) is 3.79 Å². The van der Waals surface area contributed by atoms with Crippen molar-refractivity contribution in [1.29, 1.82) is 0 Å². The van der Waals surface area contributed by atoms with Crippen LogP contribution in [0.15, 0.2) is 15.9 Å². The number of likely N-dealkylation sites (N-methyl/N-ethyl adjacent to an activating group) is 1. The molecule has 0 aliphatic carbocycles. The topological polar surface area (TPSA) is 18.5 Å². The summed E-state index contributed by atoms with van der Waals surface area (Å²) in [5.74, 6) is 0. The molecule has 1 fully saturated rings. The lowest BCUT2D eigenvalue weighted by Gasteiger charge is -2.34. The maximum Gasteiger partial charge on any atom is 0.0701 e. The fourth-order valence-electron chi connectivity index (χ4n) is 2.51. The molecule has 1 saturated heterocycles. The summed E-state index contributed by atoms with van der Waals surface area (Å²) in [6.07, 6.45) is 1.17. The Morgan fingerprint density at radius 2 is 2.33 bits per heavy atom. The van der Waals surface area contributed by atoms with Crippen LogP contribution < -0.4 is 5.32 Å². The number of rotatable bonds is 4. The minimum Gasteiger partial charge on any atom is -0.311 e. The zero-order chi connectivity index (χ0) is 13.1. The van der Waals surface area contributed by atoms with E-state index in [4.69, 9.17) is 0 Å². The van der Waals surface area contributed by atoms with Gasteiger partial charge in [-0.25, -0.2) is 0 Å². The van der Waals surface area contributed by atoms with Crippen molar-refractivity contribution in [2.45, 2.75) is 18.5 Å². The van der Waals surface area contributed by atoms with Gasteiger partial charge in [0.2, 0.25) is 0 Å². The van der Waals surface area contributed by atoms with Crippen LogP contribution in [0, 0.1) is 0 Å². The van der Waals surface area contributed by atoms with Crippen molar-refractivity contribution < 1.29 is 0 Å². The van der Waals surface area contributed by atoms with Crippen LogP contribution in [-0.4, -0.2) is 56.6 Å². The highest BCUT2D eigenvalue weighted by atomic mass is 79.9. The fourth-order valence-corrected chi connectivity index (χ4v) is 4.14. The van der Waals surface area contributed by atoms with Gasteiger partial charge in [-0.1, -0.05) is 0 Å². The molecule has 0 saturated carbocycles. The van der Waals surface area contributed by atoms with E-state index in [1.165, 1.54) is 15.1 Å². The normalized spacial score (nSPS) is 23.5. The van der Waals surface area contributed by atoms with Crippen molar-refractivity contribution in [3.05, 3.63) is 20.8 Å². The van der Waals surface area contributed by atoms with Crippen LogP contribution in [0.1, 0.15) is 17.3 Å². The molecule has 2 unspecified atom stereocenters. The van der Waals surface area contributed by atoms with Crippen molar-refractivity contribution in [1.82, 2.24) is 15.1 Å². The molecular weight excluding hydrogens is 310 g/mol. The Labute approximate surface area is 122 Å². The summed E-state index contributed by atoms with van der Waals surface area (Å²) in [7, 11) is 6.55. The second-order valence-electron chi connectivity index (χ2n) is 5.27. The van der Waals surface area contributed by atoms with Gasteiger partial charge in [-0.3, -0.25) is 0 Å². The fraction of sp³-hybridized carbons (Fsp3) is 0.692. The maximum atomic E-state index is 3.64. The minimum absolute atomic E-state index is 0.505. The molecular formula is C13H22BrN3S. The third kappa shape index (κ3) is 3.78. The molecule has 0 spiro atoms. The average molecular weight is 332 g/mol. The van der Waals surface area contributed by atoms with Crippen LogP contribution in [0.25, 0.3) is 0 Å². The average Bonchev–Trinajstić information content (AvgIpc) is 2.72. The molecule has 0 amide bonds. The second-order valence-corrected chi connectivity index (χ2v) is 7.76. The van der Waals surface area contributed by atoms with Crippen molar-refractivity contribution in [3.63, 3.8) is 0 Å². The number of hydrogen-bond donors (Lipinski definition) is 1. The molecule has 1 aliphatic rings. The van der Waals surface area contributed by atoms with Gasteiger partial charge in [-0.05, 0) is 55.6 Å². The molecule has 2 rings (SSSR count). The number of piperazine rings is 1. The van der Waals surface area contributed by atoms with E-state index >= 15 is 0 Å². The van der Waals surface area contributed by atoms with E-state index in [2.05, 4.69) is 64.3 Å². The van der Waals surface area contributed by atoms with Crippen molar-refractivity contribution >= 4 is 27.3 Å². The molecule has 0 bridgehead atoms. The number of halogens is 1. The highest BCUT2D eigenvalue weighted by molar-refractivity contribution is 9.11. The third-order valence-electron chi connectivity index (χ3n) is 3.51. The van der Waals surface area contributed by atoms with Crippen LogP contribution in [0.3, 0.4) is 0 Å². The van der Waals surface area contributed by atoms with Gasteiger partial charge in [0.1, 0.15) is 0 Å². The Morgan fingerprint density at radius 3 is 2.89 bits per heavy atom. The van der Waals surface area contributed by atoms with Gasteiger partial charge in [0.15, 0.2) is 0 Å². The Kier molecular flexibility index (Phi) is 5.21. The zero-order valence-corrected chi connectivity index (χ0v) is 13.7. The SMILES string of the molecule is CN1CCNC(CC(c2ccc(Br)s2)N(C)C)C1. The molecule has 18 heavy (non-hydrogen) atoms. The molecule has 1 aromatic heterocycles. The van der Waals surface area contributed by atoms with Gasteiger partial charge in [0.25, 0.3) is 0 Å². The Morgan fingerprint density at radius 1 is 1.56 bits per heavy atom. The maximum absolute atomic E-state index is 3.64. The predicted octanol–water partition coefficient (Wildman–Crippen LogP) is 2.41. The third-order valence-corrected chi connectivity index (χ3v) is 5.24. The largest absolute Gasteiger partial charge is 0.311 e.